The summed E-state index contributed by atoms with van der Waals surface area (Å²) >= 11 is 11.6. The summed E-state index contributed by atoms with van der Waals surface area (Å²) in [5.74, 6) is -0.266. The van der Waals surface area contributed by atoms with Crippen molar-refractivity contribution in [2.75, 3.05) is 38.1 Å². The van der Waals surface area contributed by atoms with E-state index in [9.17, 15) is 9.67 Å². The van der Waals surface area contributed by atoms with Crippen molar-refractivity contribution >= 4 is 30.9 Å². The summed E-state index contributed by atoms with van der Waals surface area (Å²) in [6.45, 7) is 4.13. The average molecular weight is 405 g/mol. The topological polar surface area (TPSA) is 89.5 Å². The summed E-state index contributed by atoms with van der Waals surface area (Å²) in [7, 11) is -3.47. The van der Waals surface area contributed by atoms with Gasteiger partial charge in [0.15, 0.2) is 11.5 Å². The SMILES string of the molecule is CC1(C)OC[C@@H]2O[C@]3(CO)N[P@](=O)(N(CCCl)CCCl)O[C@H]3[C@@H]2O1. The quantitative estimate of drug-likeness (QED) is 0.502. The van der Waals surface area contributed by atoms with Gasteiger partial charge in [-0.25, -0.2) is 4.67 Å². The molecule has 0 aromatic heterocycles. The van der Waals surface area contributed by atoms with E-state index in [1.54, 1.807) is 18.5 Å². The van der Waals surface area contributed by atoms with Gasteiger partial charge in [-0.3, -0.25) is 9.09 Å². The summed E-state index contributed by atoms with van der Waals surface area (Å²) in [6.07, 6.45) is -1.64. The molecule has 2 N–H and O–H groups in total. The zero-order valence-corrected chi connectivity index (χ0v) is 16.0. The van der Waals surface area contributed by atoms with Gasteiger partial charge in [-0.05, 0) is 13.8 Å². The Morgan fingerprint density at radius 3 is 2.54 bits per heavy atom. The van der Waals surface area contributed by atoms with E-state index < -0.39 is 44.1 Å². The molecule has 0 aromatic carbocycles. The predicted octanol–water partition coefficient (Wildman–Crippen LogP) is 1.10. The molecule has 8 nitrogen and oxygen atoms in total. The molecule has 3 saturated heterocycles. The second-order valence-electron chi connectivity index (χ2n) is 6.49. The van der Waals surface area contributed by atoms with Crippen LogP contribution in [-0.2, 0) is 23.3 Å². The van der Waals surface area contributed by atoms with E-state index >= 15 is 0 Å². The molecule has 3 aliphatic rings. The van der Waals surface area contributed by atoms with Crippen LogP contribution in [0.15, 0.2) is 0 Å². The molecule has 3 fully saturated rings. The third kappa shape index (κ3) is 3.27. The maximum atomic E-state index is 13.3. The zero-order valence-electron chi connectivity index (χ0n) is 13.6. The molecular formula is C13H23Cl2N2O6P. The first-order valence-electron chi connectivity index (χ1n) is 7.85. The number of aliphatic hydroxyl groups excluding tert-OH is 1. The number of nitrogens with one attached hydrogen (secondary N) is 1. The lowest BCUT2D eigenvalue weighted by Gasteiger charge is -2.38. The number of nitrogens with zero attached hydrogens (tertiary/aromatic N) is 1. The first kappa shape index (κ1) is 19.3. The molecule has 0 unspecified atom stereocenters. The molecule has 0 bridgehead atoms. The minimum Gasteiger partial charge on any atom is -0.392 e. The normalized spacial score (nSPS) is 43.8. The van der Waals surface area contributed by atoms with Gasteiger partial charge in [0.1, 0.15) is 18.3 Å². The van der Waals surface area contributed by atoms with Crippen LogP contribution in [0.25, 0.3) is 0 Å². The fourth-order valence-corrected chi connectivity index (χ4v) is 6.33. The Balaban J connectivity index is 1.85. The number of alkyl halides is 2. The number of aliphatic hydroxyl groups is 1. The van der Waals surface area contributed by atoms with Gasteiger partial charge in [0, 0.05) is 24.8 Å². The van der Waals surface area contributed by atoms with E-state index in [-0.39, 0.29) is 11.8 Å². The maximum absolute atomic E-state index is 13.3. The third-order valence-electron chi connectivity index (χ3n) is 4.38. The molecule has 0 amide bonds. The molecular weight excluding hydrogens is 382 g/mol. The Morgan fingerprint density at radius 2 is 1.96 bits per heavy atom. The van der Waals surface area contributed by atoms with E-state index in [1.807, 2.05) is 0 Å². The Bertz CT molecular complexity index is 521. The summed E-state index contributed by atoms with van der Waals surface area (Å²) < 4.78 is 38.2. The van der Waals surface area contributed by atoms with Crippen molar-refractivity contribution in [2.24, 2.45) is 0 Å². The molecule has 3 aliphatic heterocycles. The highest BCUT2D eigenvalue weighted by Crippen LogP contribution is 2.60. The minimum absolute atomic E-state index is 0.271. The van der Waals surface area contributed by atoms with Crippen LogP contribution in [0.5, 0.6) is 0 Å². The van der Waals surface area contributed by atoms with Crippen molar-refractivity contribution < 1.29 is 28.4 Å². The first-order valence-corrected chi connectivity index (χ1v) is 10.5. The molecule has 140 valence electrons. The van der Waals surface area contributed by atoms with Crippen molar-refractivity contribution in [3.63, 3.8) is 0 Å². The smallest absolute Gasteiger partial charge is 0.346 e. The van der Waals surface area contributed by atoms with Gasteiger partial charge in [-0.2, -0.15) is 5.09 Å². The van der Waals surface area contributed by atoms with Crippen LogP contribution in [0.1, 0.15) is 13.8 Å². The highest BCUT2D eigenvalue weighted by Gasteiger charge is 2.68. The first-order chi connectivity index (χ1) is 11.3. The average Bonchev–Trinajstić information content (AvgIpc) is 2.97. The largest absolute Gasteiger partial charge is 0.392 e. The van der Waals surface area contributed by atoms with Crippen molar-refractivity contribution in [1.82, 2.24) is 9.76 Å². The molecule has 0 aromatic rings. The monoisotopic (exact) mass is 404 g/mol. The van der Waals surface area contributed by atoms with Crippen LogP contribution in [-0.4, -0.2) is 77.7 Å². The Morgan fingerprint density at radius 1 is 1.29 bits per heavy atom. The summed E-state index contributed by atoms with van der Waals surface area (Å²) in [6, 6.07) is 0. The highest BCUT2D eigenvalue weighted by molar-refractivity contribution is 7.54. The Hall–Kier alpha value is 0.530. The fraction of sp³-hybridized carbons (Fsp3) is 1.00. The van der Waals surface area contributed by atoms with E-state index in [1.165, 1.54) is 0 Å². The molecule has 5 atom stereocenters. The van der Waals surface area contributed by atoms with Crippen molar-refractivity contribution in [2.45, 2.75) is 43.7 Å². The number of ether oxygens (including phenoxy) is 3. The number of halogens is 2. The lowest BCUT2D eigenvalue weighted by atomic mass is 10.0. The van der Waals surface area contributed by atoms with Gasteiger partial charge in [0.05, 0.1) is 13.2 Å². The fourth-order valence-electron chi connectivity index (χ4n) is 3.30. The third-order valence-corrected chi connectivity index (χ3v) is 7.04. The lowest BCUT2D eigenvalue weighted by Crippen LogP contribution is -2.53. The van der Waals surface area contributed by atoms with Gasteiger partial charge < -0.3 is 19.3 Å². The predicted molar refractivity (Wildman–Crippen MR) is 88.2 cm³/mol. The summed E-state index contributed by atoms with van der Waals surface area (Å²) in [5.41, 5.74) is -1.30. The Labute approximate surface area is 151 Å². The number of hydrogen-bond acceptors (Lipinski definition) is 6. The van der Waals surface area contributed by atoms with Gasteiger partial charge in [0.2, 0.25) is 0 Å². The van der Waals surface area contributed by atoms with Gasteiger partial charge >= 0.3 is 7.67 Å². The maximum Gasteiger partial charge on any atom is 0.346 e. The molecule has 0 aliphatic carbocycles. The number of rotatable bonds is 6. The van der Waals surface area contributed by atoms with Gasteiger partial charge in [-0.15, -0.1) is 23.2 Å². The van der Waals surface area contributed by atoms with Crippen LogP contribution in [0, 0.1) is 0 Å². The standard InChI is InChI=1S/C13H23Cl2N2O6P/c1-12(2)20-7-9-10(22-12)11-13(8-18,21-9)16-24(19,23-11)17(5-3-14)6-4-15/h9-11,18H,3-8H2,1-2H3,(H,16,19)/t9-,10+,11-,13-,24+/m0/s1. The van der Waals surface area contributed by atoms with Crippen LogP contribution in [0.4, 0.5) is 0 Å². The summed E-state index contributed by atoms with van der Waals surface area (Å²) in [5, 5.41) is 12.8. The lowest BCUT2D eigenvalue weighted by molar-refractivity contribution is -0.300. The highest BCUT2D eigenvalue weighted by atomic mass is 35.5. The molecule has 0 spiro atoms. The molecule has 3 heterocycles. The second-order valence-corrected chi connectivity index (χ2v) is 9.28. The van der Waals surface area contributed by atoms with E-state index in [2.05, 4.69) is 5.09 Å². The van der Waals surface area contributed by atoms with E-state index in [0.29, 0.717) is 19.7 Å². The van der Waals surface area contributed by atoms with Crippen molar-refractivity contribution in [3.8, 4) is 0 Å². The van der Waals surface area contributed by atoms with Crippen LogP contribution in [0.2, 0.25) is 0 Å². The minimum atomic E-state index is -3.47. The number of fused-ring (bicyclic) bond motifs is 3. The molecule has 11 heteroatoms. The number of hydrogen-bond donors (Lipinski definition) is 2. The van der Waals surface area contributed by atoms with Crippen LogP contribution < -0.4 is 5.09 Å². The Kier molecular flexibility index (Phi) is 5.57. The van der Waals surface area contributed by atoms with Crippen LogP contribution >= 0.6 is 30.9 Å². The zero-order chi connectivity index (χ0) is 17.6. The molecule has 0 radical (unpaired) electrons. The molecule has 3 rings (SSSR count). The van der Waals surface area contributed by atoms with E-state index in [4.69, 9.17) is 41.9 Å². The van der Waals surface area contributed by atoms with Crippen LogP contribution in [0.3, 0.4) is 0 Å². The molecule has 24 heavy (non-hydrogen) atoms. The summed E-state index contributed by atoms with van der Waals surface area (Å²) in [4.78, 5) is 0. The molecule has 0 saturated carbocycles. The van der Waals surface area contributed by atoms with Crippen molar-refractivity contribution in [1.29, 1.82) is 0 Å². The van der Waals surface area contributed by atoms with Gasteiger partial charge in [0.25, 0.3) is 0 Å². The van der Waals surface area contributed by atoms with Crippen molar-refractivity contribution in [3.05, 3.63) is 0 Å². The van der Waals surface area contributed by atoms with Gasteiger partial charge in [-0.1, -0.05) is 0 Å². The second kappa shape index (κ2) is 6.93. The van der Waals surface area contributed by atoms with E-state index in [0.717, 1.165) is 0 Å².